The zero-order valence-corrected chi connectivity index (χ0v) is 16.1. The molecule has 1 saturated heterocycles. The summed E-state index contributed by atoms with van der Waals surface area (Å²) in [5.74, 6) is 0.970. The van der Waals surface area contributed by atoms with Gasteiger partial charge in [0.2, 0.25) is 10.0 Å². The highest BCUT2D eigenvalue weighted by molar-refractivity contribution is 7.92. The van der Waals surface area contributed by atoms with Crippen molar-refractivity contribution in [3.05, 3.63) is 0 Å². The summed E-state index contributed by atoms with van der Waals surface area (Å²) in [4.78, 5) is 0. The molecule has 0 bridgehead atoms. The van der Waals surface area contributed by atoms with Crippen molar-refractivity contribution < 1.29 is 13.0 Å². The lowest BCUT2D eigenvalue weighted by atomic mass is 9.96. The highest BCUT2D eigenvalue weighted by Crippen LogP contribution is 2.33. The molecule has 0 aromatic rings. The summed E-state index contributed by atoms with van der Waals surface area (Å²) in [7, 11) is -3.31. The minimum Gasteiger partial charge on any atom is -0.616 e. The van der Waals surface area contributed by atoms with E-state index in [0.717, 1.165) is 44.9 Å². The van der Waals surface area contributed by atoms with Crippen molar-refractivity contribution in [2.45, 2.75) is 76.9 Å². The predicted octanol–water partition coefficient (Wildman–Crippen LogP) is 3.30. The van der Waals surface area contributed by atoms with Gasteiger partial charge in [-0.2, -0.15) is 4.31 Å². The van der Waals surface area contributed by atoms with Crippen molar-refractivity contribution in [1.29, 1.82) is 0 Å². The topological polar surface area (TPSA) is 60.4 Å². The first kappa shape index (κ1) is 20.3. The van der Waals surface area contributed by atoms with Gasteiger partial charge in [0.05, 0.1) is 17.8 Å². The van der Waals surface area contributed by atoms with Gasteiger partial charge in [-0.15, -0.1) is 0 Å². The van der Waals surface area contributed by atoms with Crippen molar-refractivity contribution in [2.75, 3.05) is 24.6 Å². The lowest BCUT2D eigenvalue weighted by Gasteiger charge is -2.37. The Morgan fingerprint density at radius 1 is 1.00 bits per heavy atom. The molecule has 0 amide bonds. The highest BCUT2D eigenvalue weighted by Gasteiger charge is 2.43. The van der Waals surface area contributed by atoms with Gasteiger partial charge >= 0.3 is 0 Å². The SMILES string of the molecule is CCCCCCC(C)(CCCC)S(=O)(=O)N1CC[S+]([O-])CC1. The number of nitrogens with zero attached hydrogens (tertiary/aromatic N) is 1. The van der Waals surface area contributed by atoms with Gasteiger partial charge in [0.15, 0.2) is 0 Å². The van der Waals surface area contributed by atoms with Crippen molar-refractivity contribution in [3.63, 3.8) is 0 Å². The monoisotopic (exact) mass is 351 g/mol. The Morgan fingerprint density at radius 2 is 1.55 bits per heavy atom. The van der Waals surface area contributed by atoms with E-state index in [-0.39, 0.29) is 0 Å². The molecule has 0 saturated carbocycles. The van der Waals surface area contributed by atoms with E-state index in [1.807, 2.05) is 6.92 Å². The molecule has 1 unspecified atom stereocenters. The molecule has 0 spiro atoms. The van der Waals surface area contributed by atoms with Crippen LogP contribution in [-0.4, -0.2) is 46.6 Å². The summed E-state index contributed by atoms with van der Waals surface area (Å²) < 4.78 is 38.7. The van der Waals surface area contributed by atoms with E-state index in [0.29, 0.717) is 24.6 Å². The Balaban J connectivity index is 2.78. The minimum atomic E-state index is -3.31. The molecule has 1 fully saturated rings. The second-order valence-electron chi connectivity index (χ2n) is 6.62. The zero-order valence-electron chi connectivity index (χ0n) is 14.5. The molecule has 0 aromatic heterocycles. The van der Waals surface area contributed by atoms with E-state index in [9.17, 15) is 13.0 Å². The van der Waals surface area contributed by atoms with Crippen LogP contribution in [0.15, 0.2) is 0 Å². The van der Waals surface area contributed by atoms with E-state index >= 15 is 0 Å². The first-order valence-electron chi connectivity index (χ1n) is 8.72. The lowest BCUT2D eigenvalue weighted by Crippen LogP contribution is -2.52. The quantitative estimate of drug-likeness (QED) is 0.448. The molecular formula is C16H33NO3S2. The van der Waals surface area contributed by atoms with Crippen LogP contribution >= 0.6 is 0 Å². The van der Waals surface area contributed by atoms with E-state index < -0.39 is 25.9 Å². The summed E-state index contributed by atoms with van der Waals surface area (Å²) in [6.45, 7) is 7.04. The van der Waals surface area contributed by atoms with Crippen molar-refractivity contribution in [2.24, 2.45) is 0 Å². The second kappa shape index (κ2) is 9.50. The maximum absolute atomic E-state index is 13.1. The van der Waals surface area contributed by atoms with Crippen LogP contribution in [0.2, 0.25) is 0 Å². The Bertz CT molecular complexity index is 406. The molecule has 132 valence electrons. The Labute approximate surface area is 140 Å². The summed E-state index contributed by atoms with van der Waals surface area (Å²) >= 11 is -0.842. The fraction of sp³-hybridized carbons (Fsp3) is 1.00. The maximum Gasteiger partial charge on any atom is 0.219 e. The van der Waals surface area contributed by atoms with Gasteiger partial charge in [-0.25, -0.2) is 8.42 Å². The standard InChI is InChI=1S/C16H33NO3S2/c1-4-6-8-9-11-16(3,10-7-5-2)22(19,20)17-12-14-21(18)15-13-17/h4-15H2,1-3H3. The molecule has 0 aromatic carbocycles. The fourth-order valence-corrected chi connectivity index (χ4v) is 6.41. The number of hydrogen-bond acceptors (Lipinski definition) is 3. The molecule has 1 rings (SSSR count). The van der Waals surface area contributed by atoms with Crippen LogP contribution in [0, 0.1) is 0 Å². The van der Waals surface area contributed by atoms with Gasteiger partial charge < -0.3 is 4.55 Å². The fourth-order valence-electron chi connectivity index (χ4n) is 3.03. The number of unbranched alkanes of at least 4 members (excludes halogenated alkanes) is 4. The largest absolute Gasteiger partial charge is 0.616 e. The maximum atomic E-state index is 13.1. The Morgan fingerprint density at radius 3 is 2.09 bits per heavy atom. The van der Waals surface area contributed by atoms with Gasteiger partial charge in [0.25, 0.3) is 0 Å². The van der Waals surface area contributed by atoms with Crippen LogP contribution in [0.3, 0.4) is 0 Å². The lowest BCUT2D eigenvalue weighted by molar-refractivity contribution is 0.376. The number of sulfonamides is 1. The molecule has 22 heavy (non-hydrogen) atoms. The Kier molecular flexibility index (Phi) is 8.75. The Hall–Kier alpha value is 0.220. The molecule has 0 N–H and O–H groups in total. The third kappa shape index (κ3) is 5.39. The first-order valence-corrected chi connectivity index (χ1v) is 11.6. The van der Waals surface area contributed by atoms with Gasteiger partial charge in [-0.3, -0.25) is 0 Å². The van der Waals surface area contributed by atoms with Crippen molar-refractivity contribution >= 4 is 21.2 Å². The third-order valence-electron chi connectivity index (χ3n) is 4.72. The summed E-state index contributed by atoms with van der Waals surface area (Å²) in [6, 6.07) is 0. The molecule has 6 heteroatoms. The van der Waals surface area contributed by atoms with Gasteiger partial charge in [0, 0.05) is 0 Å². The predicted molar refractivity (Wildman–Crippen MR) is 95.1 cm³/mol. The van der Waals surface area contributed by atoms with Crippen LogP contribution in [0.1, 0.15) is 72.1 Å². The van der Waals surface area contributed by atoms with Crippen molar-refractivity contribution in [3.8, 4) is 0 Å². The molecular weight excluding hydrogens is 318 g/mol. The van der Waals surface area contributed by atoms with Crippen LogP contribution in [-0.2, 0) is 21.2 Å². The smallest absolute Gasteiger partial charge is 0.219 e. The zero-order chi connectivity index (χ0) is 16.6. The summed E-state index contributed by atoms with van der Waals surface area (Å²) in [6.07, 6.45) is 7.87. The molecule has 1 aliphatic heterocycles. The van der Waals surface area contributed by atoms with Crippen LogP contribution in [0.4, 0.5) is 0 Å². The molecule has 1 heterocycles. The summed E-state index contributed by atoms with van der Waals surface area (Å²) in [5, 5.41) is 0. The molecule has 0 aliphatic carbocycles. The summed E-state index contributed by atoms with van der Waals surface area (Å²) in [5.41, 5.74) is 0. The van der Waals surface area contributed by atoms with Gasteiger partial charge in [-0.1, -0.05) is 63.5 Å². The highest BCUT2D eigenvalue weighted by atomic mass is 32.2. The molecule has 0 radical (unpaired) electrons. The number of rotatable bonds is 10. The van der Waals surface area contributed by atoms with Gasteiger partial charge in [0.1, 0.15) is 11.5 Å². The normalized spacial score (nSPS) is 20.9. The molecule has 4 nitrogen and oxygen atoms in total. The average Bonchev–Trinajstić information content (AvgIpc) is 2.50. The average molecular weight is 352 g/mol. The van der Waals surface area contributed by atoms with E-state index in [4.69, 9.17) is 0 Å². The van der Waals surface area contributed by atoms with Crippen molar-refractivity contribution in [1.82, 2.24) is 4.31 Å². The van der Waals surface area contributed by atoms with E-state index in [1.165, 1.54) is 6.42 Å². The van der Waals surface area contributed by atoms with E-state index in [1.54, 1.807) is 4.31 Å². The van der Waals surface area contributed by atoms with E-state index in [2.05, 4.69) is 13.8 Å². The molecule has 1 aliphatic rings. The first-order chi connectivity index (χ1) is 10.4. The molecule has 1 atom stereocenters. The van der Waals surface area contributed by atoms with Gasteiger partial charge in [-0.05, 0) is 19.8 Å². The third-order valence-corrected chi connectivity index (χ3v) is 8.69. The number of hydrogen-bond donors (Lipinski definition) is 0. The van der Waals surface area contributed by atoms with Crippen LogP contribution in [0.5, 0.6) is 0 Å². The second-order valence-corrected chi connectivity index (χ2v) is 10.8. The minimum absolute atomic E-state index is 0.422. The van der Waals surface area contributed by atoms with Crippen LogP contribution in [0.25, 0.3) is 0 Å². The van der Waals surface area contributed by atoms with Crippen LogP contribution < -0.4 is 0 Å².